The number of aromatic nitrogens is 2. The van der Waals surface area contributed by atoms with Gasteiger partial charge in [-0.2, -0.15) is 0 Å². The van der Waals surface area contributed by atoms with Gasteiger partial charge < -0.3 is 19.5 Å². The number of hydrogen-bond donors (Lipinski definition) is 1. The van der Waals surface area contributed by atoms with Gasteiger partial charge in [-0.3, -0.25) is 9.59 Å². The molecular weight excluding hydrogens is 448 g/mol. The zero-order valence-corrected chi connectivity index (χ0v) is 18.9. The SMILES string of the molecule is CC[C@@H](NC(=O)c1cc(C(=O)N2CCC[C@@H]2C)n2c1COCC2)c1ccc(Br)nc1. The molecule has 30 heavy (non-hydrogen) atoms. The van der Waals surface area contributed by atoms with Crippen LogP contribution >= 0.6 is 15.9 Å². The third-order valence-corrected chi connectivity index (χ3v) is 6.52. The average Bonchev–Trinajstić information content (AvgIpc) is 3.36. The molecule has 2 aliphatic rings. The van der Waals surface area contributed by atoms with Crippen molar-refractivity contribution in [3.8, 4) is 0 Å². The monoisotopic (exact) mass is 474 g/mol. The van der Waals surface area contributed by atoms with Crippen LogP contribution in [-0.2, 0) is 17.9 Å². The van der Waals surface area contributed by atoms with Crippen LogP contribution in [0.3, 0.4) is 0 Å². The molecule has 0 radical (unpaired) electrons. The summed E-state index contributed by atoms with van der Waals surface area (Å²) in [5.74, 6) is -0.182. The smallest absolute Gasteiger partial charge is 0.270 e. The van der Waals surface area contributed by atoms with E-state index >= 15 is 0 Å². The third-order valence-electron chi connectivity index (χ3n) is 6.05. The maximum Gasteiger partial charge on any atom is 0.270 e. The Kier molecular flexibility index (Phi) is 6.24. The highest BCUT2D eigenvalue weighted by Gasteiger charge is 2.32. The molecule has 1 fully saturated rings. The first-order chi connectivity index (χ1) is 14.5. The Bertz CT molecular complexity index is 941. The number of ether oxygens (including phenoxy) is 1. The maximum atomic E-state index is 13.2. The number of nitrogens with zero attached hydrogens (tertiary/aromatic N) is 3. The van der Waals surface area contributed by atoms with Gasteiger partial charge in [0.05, 0.1) is 30.5 Å². The Hall–Kier alpha value is -2.19. The number of carbonyl (C=O) groups is 2. The molecule has 160 valence electrons. The van der Waals surface area contributed by atoms with Crippen molar-refractivity contribution in [2.45, 2.75) is 58.3 Å². The van der Waals surface area contributed by atoms with Crippen LogP contribution in [0.4, 0.5) is 0 Å². The standard InChI is InChI=1S/C22H27BrN4O3/c1-3-17(15-6-7-20(23)24-12-15)25-21(28)16-11-18(27-9-10-30-13-19(16)27)22(29)26-8-4-5-14(26)2/h6-7,11-12,14,17H,3-5,8-10,13H2,1-2H3,(H,25,28)/t14-,17+/m0/s1. The van der Waals surface area contributed by atoms with Crippen LogP contribution in [0.25, 0.3) is 0 Å². The number of nitrogens with one attached hydrogen (secondary N) is 1. The van der Waals surface area contributed by atoms with E-state index in [0.717, 1.165) is 41.7 Å². The minimum Gasteiger partial charge on any atom is -0.373 e. The van der Waals surface area contributed by atoms with Crippen LogP contribution in [0.15, 0.2) is 29.0 Å². The highest BCUT2D eigenvalue weighted by molar-refractivity contribution is 9.10. The van der Waals surface area contributed by atoms with Gasteiger partial charge in [0.1, 0.15) is 10.3 Å². The highest BCUT2D eigenvalue weighted by Crippen LogP contribution is 2.26. The fraction of sp³-hybridized carbons (Fsp3) is 0.500. The van der Waals surface area contributed by atoms with E-state index in [0.29, 0.717) is 31.0 Å². The lowest BCUT2D eigenvalue weighted by molar-refractivity contribution is 0.0683. The summed E-state index contributed by atoms with van der Waals surface area (Å²) >= 11 is 3.34. The average molecular weight is 475 g/mol. The zero-order valence-electron chi connectivity index (χ0n) is 17.4. The van der Waals surface area contributed by atoms with Crippen molar-refractivity contribution in [1.82, 2.24) is 19.8 Å². The number of pyridine rings is 1. The number of rotatable bonds is 5. The molecule has 2 aliphatic heterocycles. The predicted molar refractivity (Wildman–Crippen MR) is 116 cm³/mol. The summed E-state index contributed by atoms with van der Waals surface area (Å²) in [5.41, 5.74) is 2.83. The zero-order chi connectivity index (χ0) is 21.3. The van der Waals surface area contributed by atoms with E-state index < -0.39 is 0 Å². The molecule has 0 spiro atoms. The van der Waals surface area contributed by atoms with Crippen LogP contribution in [0.2, 0.25) is 0 Å². The number of likely N-dealkylation sites (tertiary alicyclic amines) is 1. The fourth-order valence-electron chi connectivity index (χ4n) is 4.33. The van der Waals surface area contributed by atoms with Crippen molar-refractivity contribution in [3.63, 3.8) is 0 Å². The highest BCUT2D eigenvalue weighted by atomic mass is 79.9. The molecule has 2 atom stereocenters. The Morgan fingerprint density at radius 3 is 2.87 bits per heavy atom. The first-order valence-electron chi connectivity index (χ1n) is 10.5. The fourth-order valence-corrected chi connectivity index (χ4v) is 4.57. The molecule has 8 heteroatoms. The molecule has 0 unspecified atom stereocenters. The lowest BCUT2D eigenvalue weighted by atomic mass is 10.1. The van der Waals surface area contributed by atoms with Crippen LogP contribution in [0.1, 0.15) is 71.3 Å². The van der Waals surface area contributed by atoms with Gasteiger partial charge in [-0.15, -0.1) is 0 Å². The van der Waals surface area contributed by atoms with Gasteiger partial charge >= 0.3 is 0 Å². The first kappa shape index (κ1) is 21.1. The Morgan fingerprint density at radius 1 is 1.37 bits per heavy atom. The number of halogens is 1. The van der Waals surface area contributed by atoms with E-state index in [4.69, 9.17) is 4.74 Å². The summed E-state index contributed by atoms with van der Waals surface area (Å²) in [6.45, 7) is 6.34. The summed E-state index contributed by atoms with van der Waals surface area (Å²) < 4.78 is 8.34. The molecule has 4 heterocycles. The predicted octanol–water partition coefficient (Wildman–Crippen LogP) is 3.68. The second-order valence-electron chi connectivity index (χ2n) is 7.93. The molecule has 7 nitrogen and oxygen atoms in total. The van der Waals surface area contributed by atoms with Gasteiger partial charge in [0.25, 0.3) is 11.8 Å². The first-order valence-corrected chi connectivity index (χ1v) is 11.3. The lowest BCUT2D eigenvalue weighted by Gasteiger charge is -2.24. The van der Waals surface area contributed by atoms with Crippen molar-refractivity contribution in [2.24, 2.45) is 0 Å². The largest absolute Gasteiger partial charge is 0.373 e. The third kappa shape index (κ3) is 4.03. The van der Waals surface area contributed by atoms with Gasteiger partial charge in [0, 0.05) is 25.3 Å². The van der Waals surface area contributed by atoms with Crippen LogP contribution in [0, 0.1) is 0 Å². The summed E-state index contributed by atoms with van der Waals surface area (Å²) in [7, 11) is 0. The lowest BCUT2D eigenvalue weighted by Crippen LogP contribution is -2.35. The van der Waals surface area contributed by atoms with Crippen molar-refractivity contribution in [2.75, 3.05) is 13.2 Å². The van der Waals surface area contributed by atoms with Crippen LogP contribution in [0.5, 0.6) is 0 Å². The minimum absolute atomic E-state index is 0.00588. The molecule has 2 aromatic rings. The molecule has 0 aliphatic carbocycles. The van der Waals surface area contributed by atoms with Gasteiger partial charge in [-0.05, 0) is 59.8 Å². The summed E-state index contributed by atoms with van der Waals surface area (Å²) in [5, 5.41) is 3.11. The summed E-state index contributed by atoms with van der Waals surface area (Å²) in [6.07, 6.45) is 4.55. The molecule has 0 aromatic carbocycles. The molecule has 0 bridgehead atoms. The van der Waals surface area contributed by atoms with Crippen LogP contribution in [-0.4, -0.2) is 45.5 Å². The van der Waals surface area contributed by atoms with E-state index in [1.54, 1.807) is 12.3 Å². The normalized spacial score (nSPS) is 19.4. The van der Waals surface area contributed by atoms with E-state index in [1.165, 1.54) is 0 Å². The quantitative estimate of drug-likeness (QED) is 0.670. The second kappa shape index (κ2) is 8.89. The number of fused-ring (bicyclic) bond motifs is 1. The van der Waals surface area contributed by atoms with Crippen molar-refractivity contribution < 1.29 is 14.3 Å². The van der Waals surface area contributed by atoms with Gasteiger partial charge in [0.2, 0.25) is 0 Å². The van der Waals surface area contributed by atoms with Gasteiger partial charge in [-0.25, -0.2) is 4.98 Å². The van der Waals surface area contributed by atoms with E-state index in [9.17, 15) is 9.59 Å². The molecule has 1 N–H and O–H groups in total. The Balaban J connectivity index is 1.61. The van der Waals surface area contributed by atoms with Gasteiger partial charge in [0.15, 0.2) is 0 Å². The van der Waals surface area contributed by atoms with Crippen molar-refractivity contribution >= 4 is 27.7 Å². The molecule has 2 amide bonds. The van der Waals surface area contributed by atoms with E-state index in [1.807, 2.05) is 28.5 Å². The minimum atomic E-state index is -0.187. The second-order valence-corrected chi connectivity index (χ2v) is 8.74. The number of amides is 2. The molecule has 4 rings (SSSR count). The summed E-state index contributed by atoms with van der Waals surface area (Å²) in [6, 6.07) is 5.64. The van der Waals surface area contributed by atoms with Crippen molar-refractivity contribution in [1.29, 1.82) is 0 Å². The Labute approximate surface area is 184 Å². The van der Waals surface area contributed by atoms with E-state index in [-0.39, 0.29) is 23.9 Å². The molecule has 1 saturated heterocycles. The Morgan fingerprint density at radius 2 is 2.20 bits per heavy atom. The maximum absolute atomic E-state index is 13.2. The molecular formula is C22H27BrN4O3. The number of hydrogen-bond acceptors (Lipinski definition) is 4. The molecule has 2 aromatic heterocycles. The molecule has 0 saturated carbocycles. The van der Waals surface area contributed by atoms with Gasteiger partial charge in [-0.1, -0.05) is 13.0 Å². The van der Waals surface area contributed by atoms with Crippen molar-refractivity contribution in [3.05, 3.63) is 51.5 Å². The summed E-state index contributed by atoms with van der Waals surface area (Å²) in [4.78, 5) is 32.6. The number of carbonyl (C=O) groups excluding carboxylic acids is 2. The van der Waals surface area contributed by atoms with E-state index in [2.05, 4.69) is 33.2 Å². The topological polar surface area (TPSA) is 76.5 Å². The van der Waals surface area contributed by atoms with Crippen LogP contribution < -0.4 is 5.32 Å².